The van der Waals surface area contributed by atoms with Gasteiger partial charge in [-0.25, -0.2) is 4.98 Å². The minimum Gasteiger partial charge on any atom is -0.497 e. The summed E-state index contributed by atoms with van der Waals surface area (Å²) >= 11 is 0. The Morgan fingerprint density at radius 3 is 2.95 bits per heavy atom. The molecule has 0 aliphatic rings. The first-order valence-electron chi connectivity index (χ1n) is 6.05. The van der Waals surface area contributed by atoms with Gasteiger partial charge in [0.1, 0.15) is 29.4 Å². The molecule has 0 radical (unpaired) electrons. The van der Waals surface area contributed by atoms with Crippen LogP contribution in [-0.4, -0.2) is 17.0 Å². The minimum absolute atomic E-state index is 0.132. The van der Waals surface area contributed by atoms with Crippen LogP contribution in [0, 0.1) is 21.4 Å². The van der Waals surface area contributed by atoms with Crippen molar-refractivity contribution in [1.29, 1.82) is 5.26 Å². The van der Waals surface area contributed by atoms with E-state index in [4.69, 9.17) is 10.00 Å². The van der Waals surface area contributed by atoms with Gasteiger partial charge in [0.2, 0.25) is 0 Å². The molecule has 0 fully saturated rings. The molecule has 1 aromatic heterocycles. The second kappa shape index (κ2) is 6.34. The summed E-state index contributed by atoms with van der Waals surface area (Å²) in [5, 5.41) is 22.7. The smallest absolute Gasteiger partial charge is 0.289 e. The van der Waals surface area contributed by atoms with Crippen LogP contribution in [0.3, 0.4) is 0 Å². The Hall–Kier alpha value is -3.14. The van der Waals surface area contributed by atoms with E-state index in [1.807, 2.05) is 30.3 Å². The van der Waals surface area contributed by atoms with Crippen molar-refractivity contribution >= 4 is 11.5 Å². The van der Waals surface area contributed by atoms with Crippen molar-refractivity contribution in [1.82, 2.24) is 4.98 Å². The van der Waals surface area contributed by atoms with Crippen LogP contribution in [0.5, 0.6) is 5.75 Å². The van der Waals surface area contributed by atoms with Crippen LogP contribution < -0.4 is 10.1 Å². The van der Waals surface area contributed by atoms with Crippen molar-refractivity contribution in [2.45, 2.75) is 6.54 Å². The zero-order valence-corrected chi connectivity index (χ0v) is 11.2. The maximum atomic E-state index is 10.7. The topological polar surface area (TPSA) is 101 Å². The van der Waals surface area contributed by atoms with Crippen molar-refractivity contribution in [2.24, 2.45) is 0 Å². The Labute approximate surface area is 121 Å². The normalized spacial score (nSPS) is 9.71. The molecular formula is C14H12N4O3. The number of nitrogens with one attached hydrogen (secondary N) is 1. The zero-order chi connectivity index (χ0) is 15.2. The van der Waals surface area contributed by atoms with Crippen LogP contribution in [0.2, 0.25) is 0 Å². The lowest BCUT2D eigenvalue weighted by atomic mass is 10.2. The largest absolute Gasteiger partial charge is 0.497 e. The first-order valence-corrected chi connectivity index (χ1v) is 6.05. The molecule has 0 bridgehead atoms. The number of nitriles is 1. The lowest BCUT2D eigenvalue weighted by molar-refractivity contribution is -0.385. The Morgan fingerprint density at radius 1 is 1.48 bits per heavy atom. The number of benzene rings is 1. The van der Waals surface area contributed by atoms with Crippen LogP contribution in [-0.2, 0) is 6.54 Å². The van der Waals surface area contributed by atoms with Gasteiger partial charge in [-0.15, -0.1) is 0 Å². The number of rotatable bonds is 5. The molecule has 0 atom stereocenters. The molecule has 0 spiro atoms. The molecule has 1 N–H and O–H groups in total. The van der Waals surface area contributed by atoms with E-state index in [0.29, 0.717) is 12.4 Å². The van der Waals surface area contributed by atoms with Crippen molar-refractivity contribution in [2.75, 3.05) is 12.4 Å². The molecule has 0 saturated carbocycles. The molecule has 0 amide bonds. The van der Waals surface area contributed by atoms with Crippen molar-refractivity contribution in [3.63, 3.8) is 0 Å². The lowest BCUT2D eigenvalue weighted by Crippen LogP contribution is -2.04. The Balaban J connectivity index is 2.16. The van der Waals surface area contributed by atoms with E-state index in [2.05, 4.69) is 10.3 Å². The summed E-state index contributed by atoms with van der Waals surface area (Å²) < 4.78 is 5.12. The van der Waals surface area contributed by atoms with Gasteiger partial charge in [0.25, 0.3) is 5.69 Å². The van der Waals surface area contributed by atoms with Gasteiger partial charge in [0.05, 0.1) is 12.0 Å². The van der Waals surface area contributed by atoms with Crippen molar-refractivity contribution in [3.8, 4) is 11.8 Å². The standard InChI is InChI=1S/C14H12N4O3/c1-21-13-4-2-3-10(5-13)8-16-14-11(7-15)6-12(9-17-14)18(19)20/h2-6,9H,8H2,1H3,(H,16,17). The molecule has 7 heteroatoms. The number of aromatic nitrogens is 1. The van der Waals surface area contributed by atoms with Gasteiger partial charge in [0.15, 0.2) is 0 Å². The van der Waals surface area contributed by atoms with E-state index in [0.717, 1.165) is 17.5 Å². The van der Waals surface area contributed by atoms with E-state index < -0.39 is 4.92 Å². The summed E-state index contributed by atoms with van der Waals surface area (Å²) in [6.45, 7) is 0.427. The van der Waals surface area contributed by atoms with Crippen LogP contribution in [0.4, 0.5) is 11.5 Å². The molecule has 106 valence electrons. The third-order valence-electron chi connectivity index (χ3n) is 2.80. The highest BCUT2D eigenvalue weighted by atomic mass is 16.6. The summed E-state index contributed by atoms with van der Waals surface area (Å²) in [6, 6.07) is 10.5. The summed E-state index contributed by atoms with van der Waals surface area (Å²) in [7, 11) is 1.58. The summed E-state index contributed by atoms with van der Waals surface area (Å²) in [5.41, 5.74) is 0.865. The third-order valence-corrected chi connectivity index (χ3v) is 2.80. The van der Waals surface area contributed by atoms with Gasteiger partial charge >= 0.3 is 0 Å². The molecular weight excluding hydrogens is 272 g/mol. The number of nitrogens with zero attached hydrogens (tertiary/aromatic N) is 3. The number of nitro groups is 1. The quantitative estimate of drug-likeness (QED) is 0.668. The van der Waals surface area contributed by atoms with Crippen LogP contribution >= 0.6 is 0 Å². The maximum Gasteiger partial charge on any atom is 0.289 e. The fourth-order valence-electron chi connectivity index (χ4n) is 1.75. The highest BCUT2D eigenvalue weighted by molar-refractivity contribution is 5.55. The molecule has 2 aromatic rings. The van der Waals surface area contributed by atoms with E-state index in [9.17, 15) is 10.1 Å². The highest BCUT2D eigenvalue weighted by Gasteiger charge is 2.11. The Morgan fingerprint density at radius 2 is 2.29 bits per heavy atom. The number of hydrogen-bond donors (Lipinski definition) is 1. The first kappa shape index (κ1) is 14.3. The van der Waals surface area contributed by atoms with Gasteiger partial charge in [0, 0.05) is 12.6 Å². The SMILES string of the molecule is COc1cccc(CNc2ncc([N+](=O)[O-])cc2C#N)c1. The molecule has 21 heavy (non-hydrogen) atoms. The maximum absolute atomic E-state index is 10.7. The van der Waals surface area contributed by atoms with Gasteiger partial charge in [-0.2, -0.15) is 5.26 Å². The third kappa shape index (κ3) is 3.45. The van der Waals surface area contributed by atoms with Crippen molar-refractivity contribution < 1.29 is 9.66 Å². The fourth-order valence-corrected chi connectivity index (χ4v) is 1.75. The van der Waals surface area contributed by atoms with Gasteiger partial charge in [-0.3, -0.25) is 10.1 Å². The zero-order valence-electron chi connectivity index (χ0n) is 11.2. The molecule has 0 aliphatic heterocycles. The second-order valence-electron chi connectivity index (χ2n) is 4.16. The second-order valence-corrected chi connectivity index (χ2v) is 4.16. The molecule has 1 heterocycles. The minimum atomic E-state index is -0.584. The summed E-state index contributed by atoms with van der Waals surface area (Å²) in [6.07, 6.45) is 1.12. The summed E-state index contributed by atoms with van der Waals surface area (Å²) in [4.78, 5) is 14.0. The van der Waals surface area contributed by atoms with Crippen LogP contribution in [0.15, 0.2) is 36.5 Å². The van der Waals surface area contributed by atoms with Crippen LogP contribution in [0.25, 0.3) is 0 Å². The molecule has 0 unspecified atom stereocenters. The predicted molar refractivity (Wildman–Crippen MR) is 75.9 cm³/mol. The average Bonchev–Trinajstić information content (AvgIpc) is 2.52. The Bertz CT molecular complexity index is 710. The van der Waals surface area contributed by atoms with Gasteiger partial charge < -0.3 is 10.1 Å². The number of ether oxygens (including phenoxy) is 1. The van der Waals surface area contributed by atoms with Gasteiger partial charge in [-0.1, -0.05) is 12.1 Å². The van der Waals surface area contributed by atoms with E-state index >= 15 is 0 Å². The fraction of sp³-hybridized carbons (Fsp3) is 0.143. The summed E-state index contributed by atoms with van der Waals surface area (Å²) in [5.74, 6) is 1.04. The first-order chi connectivity index (χ1) is 10.1. The molecule has 2 rings (SSSR count). The molecule has 0 saturated heterocycles. The predicted octanol–water partition coefficient (Wildman–Crippen LogP) is 2.48. The van der Waals surface area contributed by atoms with Crippen molar-refractivity contribution in [3.05, 3.63) is 57.8 Å². The lowest BCUT2D eigenvalue weighted by Gasteiger charge is -2.08. The van der Waals surface area contributed by atoms with E-state index in [1.54, 1.807) is 7.11 Å². The molecule has 7 nitrogen and oxygen atoms in total. The van der Waals surface area contributed by atoms with Gasteiger partial charge in [-0.05, 0) is 17.7 Å². The number of anilines is 1. The number of pyridine rings is 1. The average molecular weight is 284 g/mol. The monoisotopic (exact) mass is 284 g/mol. The highest BCUT2D eigenvalue weighted by Crippen LogP contribution is 2.19. The Kier molecular flexibility index (Phi) is 4.31. The number of methoxy groups -OCH3 is 1. The van der Waals surface area contributed by atoms with E-state index in [1.165, 1.54) is 6.07 Å². The van der Waals surface area contributed by atoms with Crippen LogP contribution in [0.1, 0.15) is 11.1 Å². The molecule has 0 aliphatic carbocycles. The van der Waals surface area contributed by atoms with E-state index in [-0.39, 0.29) is 11.3 Å². The molecule has 1 aromatic carbocycles. The number of hydrogen-bond acceptors (Lipinski definition) is 6.